The molecule has 3 aromatic rings. The van der Waals surface area contributed by atoms with Crippen LogP contribution in [0.15, 0.2) is 23.0 Å². The molecule has 0 fully saturated rings. The summed E-state index contributed by atoms with van der Waals surface area (Å²) in [6.45, 7) is 5.00. The molecular weight excluding hydrogens is 264 g/mol. The highest BCUT2D eigenvalue weighted by Crippen LogP contribution is 2.19. The third-order valence-electron chi connectivity index (χ3n) is 3.20. The maximum Gasteiger partial charge on any atom is 0.331 e. The third kappa shape index (κ3) is 1.73. The van der Waals surface area contributed by atoms with Crippen LogP contribution in [-0.4, -0.2) is 19.1 Å². The summed E-state index contributed by atoms with van der Waals surface area (Å²) in [6.07, 6.45) is 0. The van der Waals surface area contributed by atoms with Crippen LogP contribution in [0.3, 0.4) is 0 Å². The van der Waals surface area contributed by atoms with Crippen LogP contribution in [0.1, 0.15) is 13.8 Å². The van der Waals surface area contributed by atoms with Gasteiger partial charge in [-0.1, -0.05) is 11.6 Å². The Morgan fingerprint density at radius 3 is 2.21 bits per heavy atom. The highest BCUT2D eigenvalue weighted by molar-refractivity contribution is 6.31. The lowest BCUT2D eigenvalue weighted by molar-refractivity contribution is 0.667. The van der Waals surface area contributed by atoms with Gasteiger partial charge in [-0.05, 0) is 32.0 Å². The zero-order valence-corrected chi connectivity index (χ0v) is 11.5. The van der Waals surface area contributed by atoms with Crippen LogP contribution in [0, 0.1) is 0 Å². The van der Waals surface area contributed by atoms with Gasteiger partial charge in [0.2, 0.25) is 0 Å². The smallest absolute Gasteiger partial charge is 0.275 e. The lowest BCUT2D eigenvalue weighted by atomic mass is 10.3. The van der Waals surface area contributed by atoms with E-state index in [1.54, 1.807) is 21.3 Å². The highest BCUT2D eigenvalue weighted by atomic mass is 35.5. The molecule has 0 amide bonds. The predicted octanol–water partition coefficient (Wildman–Crippen LogP) is 2.44. The molecule has 0 atom stereocenters. The maximum absolute atomic E-state index is 12.2. The summed E-state index contributed by atoms with van der Waals surface area (Å²) in [6, 6.07) is 5.35. The Bertz CT molecular complexity index is 834. The van der Waals surface area contributed by atoms with Crippen molar-refractivity contribution in [3.8, 4) is 0 Å². The SMILES string of the molecule is CCn1c(=O)n(CC)c2nc3cc(Cl)ccc3nc21. The second-order valence-electron chi connectivity index (χ2n) is 4.27. The maximum atomic E-state index is 12.2. The van der Waals surface area contributed by atoms with E-state index in [0.717, 1.165) is 5.52 Å². The van der Waals surface area contributed by atoms with Crippen LogP contribution < -0.4 is 5.69 Å². The summed E-state index contributed by atoms with van der Waals surface area (Å²) in [7, 11) is 0. The standard InChI is InChI=1S/C13H13ClN4O/c1-3-17-11-12(18(4-2)13(17)19)16-10-7-8(14)5-6-9(10)15-11/h5-7H,3-4H2,1-2H3. The number of halogens is 1. The van der Waals surface area contributed by atoms with Gasteiger partial charge in [0.15, 0.2) is 11.3 Å². The molecule has 0 saturated heterocycles. The van der Waals surface area contributed by atoms with E-state index in [4.69, 9.17) is 11.6 Å². The molecule has 3 rings (SSSR count). The summed E-state index contributed by atoms with van der Waals surface area (Å²) in [5.41, 5.74) is 2.62. The summed E-state index contributed by atoms with van der Waals surface area (Å²) in [5, 5.41) is 0.612. The number of hydrogen-bond acceptors (Lipinski definition) is 3. The molecule has 2 heterocycles. The molecular formula is C13H13ClN4O. The molecule has 0 radical (unpaired) electrons. The molecule has 19 heavy (non-hydrogen) atoms. The van der Waals surface area contributed by atoms with E-state index in [2.05, 4.69) is 9.97 Å². The summed E-state index contributed by atoms with van der Waals surface area (Å²) in [5.74, 6) is 0. The molecule has 2 aromatic heterocycles. The molecule has 0 unspecified atom stereocenters. The Balaban J connectivity index is 2.50. The Kier molecular flexibility index (Phi) is 2.78. The first-order chi connectivity index (χ1) is 9.15. The van der Waals surface area contributed by atoms with Crippen LogP contribution in [0.25, 0.3) is 22.3 Å². The quantitative estimate of drug-likeness (QED) is 0.722. The largest absolute Gasteiger partial charge is 0.331 e. The van der Waals surface area contributed by atoms with Crippen molar-refractivity contribution in [3.05, 3.63) is 33.7 Å². The Morgan fingerprint density at radius 2 is 1.63 bits per heavy atom. The summed E-state index contributed by atoms with van der Waals surface area (Å²) >= 11 is 5.97. The molecule has 0 spiro atoms. The molecule has 0 bridgehead atoms. The first-order valence-corrected chi connectivity index (χ1v) is 6.59. The molecule has 0 N–H and O–H groups in total. The molecule has 98 valence electrons. The van der Waals surface area contributed by atoms with Crippen molar-refractivity contribution < 1.29 is 0 Å². The van der Waals surface area contributed by atoms with E-state index in [-0.39, 0.29) is 5.69 Å². The number of imidazole rings is 1. The van der Waals surface area contributed by atoms with E-state index in [1.807, 2.05) is 19.9 Å². The fourth-order valence-corrected chi connectivity index (χ4v) is 2.43. The minimum Gasteiger partial charge on any atom is -0.275 e. The van der Waals surface area contributed by atoms with Gasteiger partial charge in [0.1, 0.15) is 0 Å². The minimum absolute atomic E-state index is 0.0681. The molecule has 5 nitrogen and oxygen atoms in total. The number of hydrogen-bond donors (Lipinski definition) is 0. The average Bonchev–Trinajstić information content (AvgIpc) is 2.66. The second-order valence-corrected chi connectivity index (χ2v) is 4.71. The number of aromatic nitrogens is 4. The van der Waals surface area contributed by atoms with Crippen molar-refractivity contribution in [3.63, 3.8) is 0 Å². The predicted molar refractivity (Wildman–Crippen MR) is 75.7 cm³/mol. The zero-order valence-electron chi connectivity index (χ0n) is 10.7. The fourth-order valence-electron chi connectivity index (χ4n) is 2.27. The van der Waals surface area contributed by atoms with E-state index < -0.39 is 0 Å². The van der Waals surface area contributed by atoms with Crippen molar-refractivity contribution in [2.45, 2.75) is 26.9 Å². The van der Waals surface area contributed by atoms with Gasteiger partial charge < -0.3 is 0 Å². The highest BCUT2D eigenvalue weighted by Gasteiger charge is 2.14. The number of rotatable bonds is 2. The van der Waals surface area contributed by atoms with Crippen LogP contribution in [0.2, 0.25) is 5.02 Å². The molecule has 0 saturated carbocycles. The monoisotopic (exact) mass is 276 g/mol. The molecule has 0 aliphatic carbocycles. The third-order valence-corrected chi connectivity index (χ3v) is 3.43. The van der Waals surface area contributed by atoms with Gasteiger partial charge in [0.25, 0.3) is 0 Å². The number of fused-ring (bicyclic) bond motifs is 2. The van der Waals surface area contributed by atoms with Crippen molar-refractivity contribution in [2.24, 2.45) is 0 Å². The fraction of sp³-hybridized carbons (Fsp3) is 0.308. The van der Waals surface area contributed by atoms with Crippen LogP contribution in [-0.2, 0) is 13.1 Å². The first-order valence-electron chi connectivity index (χ1n) is 6.22. The summed E-state index contributed by atoms with van der Waals surface area (Å²) in [4.78, 5) is 21.3. The lowest BCUT2D eigenvalue weighted by Crippen LogP contribution is -2.23. The molecule has 0 aliphatic rings. The van der Waals surface area contributed by atoms with Crippen molar-refractivity contribution >= 4 is 33.9 Å². The van der Waals surface area contributed by atoms with Gasteiger partial charge in [-0.15, -0.1) is 0 Å². The first kappa shape index (κ1) is 12.2. The van der Waals surface area contributed by atoms with Crippen molar-refractivity contribution in [2.75, 3.05) is 0 Å². The van der Waals surface area contributed by atoms with E-state index in [0.29, 0.717) is 34.9 Å². The molecule has 0 aliphatic heterocycles. The molecule has 6 heteroatoms. The van der Waals surface area contributed by atoms with E-state index in [1.165, 1.54) is 0 Å². The Labute approximate surface area is 114 Å². The zero-order chi connectivity index (χ0) is 13.6. The van der Waals surface area contributed by atoms with Gasteiger partial charge in [0.05, 0.1) is 11.0 Å². The number of aryl methyl sites for hydroxylation is 2. The lowest BCUT2D eigenvalue weighted by Gasteiger charge is -2.00. The van der Waals surface area contributed by atoms with E-state index in [9.17, 15) is 4.79 Å². The topological polar surface area (TPSA) is 52.7 Å². The Morgan fingerprint density at radius 1 is 1.05 bits per heavy atom. The van der Waals surface area contributed by atoms with Gasteiger partial charge >= 0.3 is 5.69 Å². The van der Waals surface area contributed by atoms with Crippen LogP contribution >= 0.6 is 11.6 Å². The summed E-state index contributed by atoms with van der Waals surface area (Å²) < 4.78 is 3.27. The second kappa shape index (κ2) is 4.35. The molecule has 1 aromatic carbocycles. The number of nitrogens with zero attached hydrogens (tertiary/aromatic N) is 4. The van der Waals surface area contributed by atoms with Crippen molar-refractivity contribution in [1.29, 1.82) is 0 Å². The number of benzene rings is 1. The van der Waals surface area contributed by atoms with Gasteiger partial charge in [0, 0.05) is 18.1 Å². The normalized spacial score (nSPS) is 11.5. The van der Waals surface area contributed by atoms with Gasteiger partial charge in [-0.25, -0.2) is 14.8 Å². The van der Waals surface area contributed by atoms with Crippen molar-refractivity contribution in [1.82, 2.24) is 19.1 Å². The Hall–Kier alpha value is -1.88. The average molecular weight is 277 g/mol. The van der Waals surface area contributed by atoms with Gasteiger partial charge in [-0.3, -0.25) is 9.13 Å². The van der Waals surface area contributed by atoms with E-state index >= 15 is 0 Å². The van der Waals surface area contributed by atoms with Crippen LogP contribution in [0.5, 0.6) is 0 Å². The van der Waals surface area contributed by atoms with Crippen LogP contribution in [0.4, 0.5) is 0 Å². The van der Waals surface area contributed by atoms with Gasteiger partial charge in [-0.2, -0.15) is 0 Å². The minimum atomic E-state index is -0.0681.